The molecule has 0 aliphatic carbocycles. The van der Waals surface area contributed by atoms with E-state index in [0.29, 0.717) is 5.82 Å². The molecule has 0 saturated heterocycles. The van der Waals surface area contributed by atoms with Crippen LogP contribution in [0.3, 0.4) is 0 Å². The second-order valence-corrected chi connectivity index (χ2v) is 16.0. The van der Waals surface area contributed by atoms with E-state index < -0.39 is 0 Å². The minimum absolute atomic E-state index is 0.669. The zero-order valence-electron chi connectivity index (χ0n) is 34.2. The highest BCUT2D eigenvalue weighted by atomic mass is 15.0. The van der Waals surface area contributed by atoms with E-state index in [-0.39, 0.29) is 0 Å². The molecule has 3 aromatic heterocycles. The van der Waals surface area contributed by atoms with Gasteiger partial charge in [0.05, 0.1) is 33.6 Å². The highest BCUT2D eigenvalue weighted by molar-refractivity contribution is 6.29. The van der Waals surface area contributed by atoms with Gasteiger partial charge in [0.1, 0.15) is 0 Å². The summed E-state index contributed by atoms with van der Waals surface area (Å²) in [5.41, 5.74) is 15.6. The van der Waals surface area contributed by atoms with Crippen molar-refractivity contribution < 1.29 is 0 Å². The molecule has 0 atom stereocenters. The van der Waals surface area contributed by atoms with Crippen LogP contribution in [-0.4, -0.2) is 19.5 Å². The van der Waals surface area contributed by atoms with E-state index in [4.69, 9.17) is 15.0 Å². The fourth-order valence-electron chi connectivity index (χ4n) is 9.23. The highest BCUT2D eigenvalue weighted by Crippen LogP contribution is 2.43. The number of rotatable bonds is 7. The minimum Gasteiger partial charge on any atom is -0.309 e. The largest absolute Gasteiger partial charge is 0.309 e. The summed E-state index contributed by atoms with van der Waals surface area (Å²) in [4.78, 5) is 16.0. The maximum absolute atomic E-state index is 5.43. The van der Waals surface area contributed by atoms with Crippen molar-refractivity contribution in [2.75, 3.05) is 0 Å². The van der Waals surface area contributed by atoms with Gasteiger partial charge in [-0.3, -0.25) is 0 Å². The molecule has 0 radical (unpaired) electrons. The van der Waals surface area contributed by atoms with Gasteiger partial charge in [0, 0.05) is 54.9 Å². The normalized spacial score (nSPS) is 11.5. The van der Waals surface area contributed by atoms with Crippen LogP contribution in [0.2, 0.25) is 0 Å². The number of hydrogen-bond acceptors (Lipinski definition) is 3. The molecule has 63 heavy (non-hydrogen) atoms. The molecule has 0 unspecified atom stereocenters. The van der Waals surface area contributed by atoms with E-state index >= 15 is 0 Å². The van der Waals surface area contributed by atoms with Gasteiger partial charge in [-0.15, -0.1) is 0 Å². The van der Waals surface area contributed by atoms with Crippen LogP contribution in [0.5, 0.6) is 0 Å². The third kappa shape index (κ3) is 6.44. The Morgan fingerprint density at radius 2 is 0.794 bits per heavy atom. The molecule has 3 heterocycles. The summed E-state index contributed by atoms with van der Waals surface area (Å²) < 4.78 is 2.38. The average molecular weight is 803 g/mol. The lowest BCUT2D eigenvalue weighted by molar-refractivity contribution is 1.18. The van der Waals surface area contributed by atoms with Crippen LogP contribution in [0.1, 0.15) is 0 Å². The standard InChI is InChI=1S/C59H38N4/c1-4-17-39(18-5-1)41-21-14-23-43(35-41)52-38-53(62-59(61-52)46-26-15-22-42(36-46)40-19-6-2-7-20-40)44-24-16-25-45(37-44)58-50-33-34-55-57(56(50)48-29-10-12-31-51(48)60-58)49-30-11-13-32-54(49)63(55)47-27-8-3-9-28-47/h1-38H. The molecule has 294 valence electrons. The molecule has 0 amide bonds. The van der Waals surface area contributed by atoms with E-state index in [0.717, 1.165) is 83.6 Å². The van der Waals surface area contributed by atoms with Gasteiger partial charge in [0.15, 0.2) is 5.82 Å². The Bertz CT molecular complexity index is 3570. The van der Waals surface area contributed by atoms with Gasteiger partial charge in [0.25, 0.3) is 0 Å². The van der Waals surface area contributed by atoms with Crippen molar-refractivity contribution in [2.24, 2.45) is 0 Å². The van der Waals surface area contributed by atoms with Gasteiger partial charge in [-0.1, -0.05) is 176 Å². The van der Waals surface area contributed by atoms with E-state index in [1.54, 1.807) is 0 Å². The maximum atomic E-state index is 5.43. The summed E-state index contributed by atoms with van der Waals surface area (Å²) in [6, 6.07) is 81.4. The second-order valence-electron chi connectivity index (χ2n) is 16.0. The van der Waals surface area contributed by atoms with Crippen molar-refractivity contribution in [3.05, 3.63) is 231 Å². The number of benzene rings is 9. The van der Waals surface area contributed by atoms with Gasteiger partial charge in [-0.2, -0.15) is 0 Å². The zero-order chi connectivity index (χ0) is 41.7. The predicted octanol–water partition coefficient (Wildman–Crippen LogP) is 15.3. The highest BCUT2D eigenvalue weighted by Gasteiger charge is 2.20. The summed E-state index contributed by atoms with van der Waals surface area (Å²) in [6.07, 6.45) is 0. The fraction of sp³-hybridized carbons (Fsp3) is 0. The number of nitrogens with zero attached hydrogens (tertiary/aromatic N) is 4. The first-order valence-corrected chi connectivity index (χ1v) is 21.4. The van der Waals surface area contributed by atoms with Crippen LogP contribution < -0.4 is 0 Å². The Labute approximate surface area is 365 Å². The number of para-hydroxylation sites is 3. The SMILES string of the molecule is c1ccc(-c2cccc(-c3cc(-c4cccc(-c5nc6ccccc6c6c5ccc5c6c6ccccc6n5-c5ccccc5)c4)nc(-c4cccc(-c5ccccc5)c4)n3)c2)cc1. The van der Waals surface area contributed by atoms with Gasteiger partial charge in [0.2, 0.25) is 0 Å². The quantitative estimate of drug-likeness (QED) is 0.151. The lowest BCUT2D eigenvalue weighted by Crippen LogP contribution is -1.97. The number of hydrogen-bond donors (Lipinski definition) is 0. The third-order valence-corrected chi connectivity index (χ3v) is 12.2. The van der Waals surface area contributed by atoms with Crippen molar-refractivity contribution in [1.29, 1.82) is 0 Å². The molecule has 0 spiro atoms. The summed E-state index contributed by atoms with van der Waals surface area (Å²) in [5, 5.41) is 5.88. The minimum atomic E-state index is 0.669. The topological polar surface area (TPSA) is 43.6 Å². The van der Waals surface area contributed by atoms with Gasteiger partial charge >= 0.3 is 0 Å². The van der Waals surface area contributed by atoms with Crippen LogP contribution in [0, 0.1) is 0 Å². The van der Waals surface area contributed by atoms with E-state index in [9.17, 15) is 0 Å². The number of pyridine rings is 1. The molecule has 12 rings (SSSR count). The lowest BCUT2D eigenvalue weighted by Gasteiger charge is -2.14. The molecule has 0 saturated carbocycles. The van der Waals surface area contributed by atoms with Crippen LogP contribution in [-0.2, 0) is 0 Å². The molecule has 0 fully saturated rings. The summed E-state index contributed by atoms with van der Waals surface area (Å²) >= 11 is 0. The molecule has 0 bridgehead atoms. The fourth-order valence-corrected chi connectivity index (χ4v) is 9.23. The van der Waals surface area contributed by atoms with Crippen molar-refractivity contribution in [1.82, 2.24) is 19.5 Å². The Kier molecular flexibility index (Phi) is 8.79. The number of aromatic nitrogens is 4. The molecule has 0 N–H and O–H groups in total. The van der Waals surface area contributed by atoms with E-state index in [1.807, 2.05) is 6.07 Å². The van der Waals surface area contributed by atoms with Gasteiger partial charge in [-0.05, 0) is 76.9 Å². The average Bonchev–Trinajstić information content (AvgIpc) is 3.71. The third-order valence-electron chi connectivity index (χ3n) is 12.2. The van der Waals surface area contributed by atoms with Crippen molar-refractivity contribution in [3.8, 4) is 73.1 Å². The smallest absolute Gasteiger partial charge is 0.160 e. The summed E-state index contributed by atoms with van der Waals surface area (Å²) in [5.74, 6) is 0.669. The zero-order valence-corrected chi connectivity index (χ0v) is 34.2. The Hall–Kier alpha value is -8.47. The monoisotopic (exact) mass is 802 g/mol. The van der Waals surface area contributed by atoms with Crippen molar-refractivity contribution in [2.45, 2.75) is 0 Å². The predicted molar refractivity (Wildman–Crippen MR) is 262 cm³/mol. The van der Waals surface area contributed by atoms with E-state index in [2.05, 4.69) is 229 Å². The Balaban J connectivity index is 1.06. The molecule has 12 aromatic rings. The Morgan fingerprint density at radius 1 is 0.286 bits per heavy atom. The van der Waals surface area contributed by atoms with Crippen LogP contribution >= 0.6 is 0 Å². The molecular weight excluding hydrogens is 765 g/mol. The van der Waals surface area contributed by atoms with Crippen molar-refractivity contribution >= 4 is 43.5 Å². The Morgan fingerprint density at radius 3 is 1.48 bits per heavy atom. The van der Waals surface area contributed by atoms with E-state index in [1.165, 1.54) is 27.2 Å². The summed E-state index contributed by atoms with van der Waals surface area (Å²) in [7, 11) is 0. The summed E-state index contributed by atoms with van der Waals surface area (Å²) in [6.45, 7) is 0. The van der Waals surface area contributed by atoms with Crippen molar-refractivity contribution in [3.63, 3.8) is 0 Å². The molecular formula is C59H38N4. The van der Waals surface area contributed by atoms with Gasteiger partial charge in [-0.25, -0.2) is 15.0 Å². The molecule has 0 aliphatic rings. The molecule has 0 aliphatic heterocycles. The van der Waals surface area contributed by atoms with Crippen LogP contribution in [0.15, 0.2) is 231 Å². The van der Waals surface area contributed by atoms with Crippen LogP contribution in [0.4, 0.5) is 0 Å². The molecule has 4 heteroatoms. The first-order chi connectivity index (χ1) is 31.2. The molecule has 9 aromatic carbocycles. The first-order valence-electron chi connectivity index (χ1n) is 21.4. The second kappa shape index (κ2) is 15.2. The first kappa shape index (κ1) is 36.4. The molecule has 4 nitrogen and oxygen atoms in total. The number of fused-ring (bicyclic) bond motifs is 7. The van der Waals surface area contributed by atoms with Gasteiger partial charge < -0.3 is 4.57 Å². The maximum Gasteiger partial charge on any atom is 0.160 e. The lowest BCUT2D eigenvalue weighted by atomic mass is 9.95. The van der Waals surface area contributed by atoms with Crippen LogP contribution in [0.25, 0.3) is 117 Å².